The topological polar surface area (TPSA) is 102 Å². The fourth-order valence-electron chi connectivity index (χ4n) is 3.00. The summed E-state index contributed by atoms with van der Waals surface area (Å²) in [6, 6.07) is 11.8. The van der Waals surface area contributed by atoms with Crippen LogP contribution in [0.15, 0.2) is 47.0 Å². The number of hydrogen-bond donors (Lipinski definition) is 2. The number of H-pyrrole nitrogens is 1. The van der Waals surface area contributed by atoms with Crippen molar-refractivity contribution in [3.8, 4) is 28.5 Å². The summed E-state index contributed by atoms with van der Waals surface area (Å²) in [6.45, 7) is 2.05. The molecule has 2 aromatic heterocycles. The normalized spacial score (nSPS) is 11.0. The van der Waals surface area contributed by atoms with Crippen molar-refractivity contribution in [2.45, 2.75) is 6.92 Å². The van der Waals surface area contributed by atoms with Gasteiger partial charge in [0.25, 0.3) is 0 Å². The van der Waals surface area contributed by atoms with E-state index in [9.17, 15) is 9.18 Å². The molecule has 0 atom stereocenters. The Morgan fingerprint density at radius 3 is 2.73 bits per heavy atom. The Labute approximate surface area is 171 Å². The molecule has 154 valence electrons. The summed E-state index contributed by atoms with van der Waals surface area (Å²) in [7, 11) is 1.55. The number of rotatable bonds is 7. The number of fused-ring (bicyclic) bond motifs is 1. The number of hydrogen-bond acceptors (Lipinski definition) is 6. The molecule has 4 aromatic rings. The zero-order valence-electron chi connectivity index (χ0n) is 16.4. The fourth-order valence-corrected chi connectivity index (χ4v) is 3.00. The number of anilines is 1. The molecule has 9 heteroatoms. The lowest BCUT2D eigenvalue weighted by Gasteiger charge is -2.06. The highest BCUT2D eigenvalue weighted by molar-refractivity contribution is 5.93. The van der Waals surface area contributed by atoms with E-state index < -0.39 is 5.82 Å². The zero-order valence-corrected chi connectivity index (χ0v) is 16.4. The Morgan fingerprint density at radius 1 is 1.20 bits per heavy atom. The van der Waals surface area contributed by atoms with Crippen LogP contribution < -0.4 is 10.1 Å². The number of amides is 1. The van der Waals surface area contributed by atoms with E-state index in [0.717, 1.165) is 5.56 Å². The minimum Gasteiger partial charge on any atom is -0.488 e. The Morgan fingerprint density at radius 2 is 2.00 bits per heavy atom. The van der Waals surface area contributed by atoms with Gasteiger partial charge in [0.2, 0.25) is 5.91 Å². The molecule has 4 rings (SSSR count). The summed E-state index contributed by atoms with van der Waals surface area (Å²) in [5.74, 6) is -0.132. The van der Waals surface area contributed by atoms with Crippen LogP contribution in [0.5, 0.6) is 5.75 Å². The molecule has 0 unspecified atom stereocenters. The van der Waals surface area contributed by atoms with E-state index in [4.69, 9.17) is 14.0 Å². The minimum atomic E-state index is -0.505. The molecule has 2 aromatic carbocycles. The van der Waals surface area contributed by atoms with E-state index in [-0.39, 0.29) is 18.3 Å². The number of carbonyl (C=O) groups excluding carboxylic acids is 1. The molecule has 0 fully saturated rings. The van der Waals surface area contributed by atoms with Crippen molar-refractivity contribution in [3.05, 3.63) is 48.3 Å². The van der Waals surface area contributed by atoms with Gasteiger partial charge in [0.15, 0.2) is 17.3 Å². The van der Waals surface area contributed by atoms with Gasteiger partial charge in [-0.1, -0.05) is 17.3 Å². The van der Waals surface area contributed by atoms with Crippen molar-refractivity contribution < 1.29 is 23.2 Å². The predicted octanol–water partition coefficient (Wildman–Crippen LogP) is 4.01. The third kappa shape index (κ3) is 4.01. The molecular weight excluding hydrogens is 391 g/mol. The molecule has 0 bridgehead atoms. The van der Waals surface area contributed by atoms with E-state index in [1.54, 1.807) is 31.4 Å². The van der Waals surface area contributed by atoms with Crippen LogP contribution in [-0.2, 0) is 9.53 Å². The zero-order chi connectivity index (χ0) is 21.1. The molecule has 0 saturated carbocycles. The second-order valence-electron chi connectivity index (χ2n) is 6.58. The molecule has 2 heterocycles. The van der Waals surface area contributed by atoms with Gasteiger partial charge in [-0.3, -0.25) is 9.89 Å². The number of carbonyl (C=O) groups is 1. The smallest absolute Gasteiger partial charge is 0.221 e. The maximum absolute atomic E-state index is 14.4. The average molecular weight is 410 g/mol. The van der Waals surface area contributed by atoms with Crippen LogP contribution in [0.1, 0.15) is 6.92 Å². The van der Waals surface area contributed by atoms with Gasteiger partial charge < -0.3 is 19.3 Å². The summed E-state index contributed by atoms with van der Waals surface area (Å²) in [5.41, 5.74) is 3.14. The van der Waals surface area contributed by atoms with Crippen molar-refractivity contribution in [3.63, 3.8) is 0 Å². The van der Waals surface area contributed by atoms with Gasteiger partial charge in [-0.15, -0.1) is 0 Å². The van der Waals surface area contributed by atoms with E-state index in [2.05, 4.69) is 20.7 Å². The number of methoxy groups -OCH3 is 1. The van der Waals surface area contributed by atoms with Gasteiger partial charge in [-0.2, -0.15) is 5.10 Å². The lowest BCUT2D eigenvalue weighted by Crippen LogP contribution is -2.05. The molecule has 0 radical (unpaired) electrons. The lowest BCUT2D eigenvalue weighted by atomic mass is 10.1. The van der Waals surface area contributed by atoms with E-state index in [0.29, 0.717) is 40.3 Å². The van der Waals surface area contributed by atoms with E-state index >= 15 is 0 Å². The first-order valence-electron chi connectivity index (χ1n) is 9.19. The fraction of sp³-hybridized carbons (Fsp3) is 0.190. The summed E-state index contributed by atoms with van der Waals surface area (Å²) in [5, 5.41) is 14.4. The molecule has 0 saturated heterocycles. The number of ether oxygens (including phenoxy) is 2. The summed E-state index contributed by atoms with van der Waals surface area (Å²) >= 11 is 0. The second-order valence-corrected chi connectivity index (χ2v) is 6.58. The monoisotopic (exact) mass is 410 g/mol. The van der Waals surface area contributed by atoms with E-state index in [1.807, 2.05) is 12.1 Å². The molecule has 0 spiro atoms. The van der Waals surface area contributed by atoms with Crippen molar-refractivity contribution in [2.24, 2.45) is 0 Å². The van der Waals surface area contributed by atoms with Crippen molar-refractivity contribution in [1.82, 2.24) is 15.4 Å². The number of halogens is 1. The van der Waals surface area contributed by atoms with Gasteiger partial charge in [0.1, 0.15) is 18.0 Å². The summed E-state index contributed by atoms with van der Waals surface area (Å²) in [6.07, 6.45) is 0. The van der Waals surface area contributed by atoms with Gasteiger partial charge in [0.05, 0.1) is 12.1 Å². The Hall–Kier alpha value is -3.72. The largest absolute Gasteiger partial charge is 0.488 e. The van der Waals surface area contributed by atoms with Gasteiger partial charge in [0, 0.05) is 42.8 Å². The average Bonchev–Trinajstić information content (AvgIpc) is 3.35. The third-order valence-electron chi connectivity index (χ3n) is 4.40. The number of nitrogens with zero attached hydrogens (tertiary/aromatic N) is 2. The highest BCUT2D eigenvalue weighted by Crippen LogP contribution is 2.33. The highest BCUT2D eigenvalue weighted by atomic mass is 19.1. The van der Waals surface area contributed by atoms with Crippen LogP contribution in [0.2, 0.25) is 0 Å². The minimum absolute atomic E-state index is 0.118. The van der Waals surface area contributed by atoms with Crippen LogP contribution in [0.25, 0.3) is 33.6 Å². The van der Waals surface area contributed by atoms with Crippen molar-refractivity contribution >= 4 is 22.5 Å². The molecular formula is C21H19FN4O4. The third-order valence-corrected chi connectivity index (χ3v) is 4.40. The maximum Gasteiger partial charge on any atom is 0.221 e. The molecule has 0 aliphatic heterocycles. The second kappa shape index (κ2) is 8.34. The van der Waals surface area contributed by atoms with Crippen LogP contribution in [-0.4, -0.2) is 41.6 Å². The van der Waals surface area contributed by atoms with Crippen molar-refractivity contribution in [1.29, 1.82) is 0 Å². The number of aromatic nitrogens is 3. The maximum atomic E-state index is 14.4. The first-order chi connectivity index (χ1) is 14.5. The molecule has 0 aliphatic rings. The highest BCUT2D eigenvalue weighted by Gasteiger charge is 2.17. The first-order valence-corrected chi connectivity index (χ1v) is 9.19. The number of benzene rings is 2. The van der Waals surface area contributed by atoms with Crippen LogP contribution in [0.3, 0.4) is 0 Å². The molecule has 2 N–H and O–H groups in total. The van der Waals surface area contributed by atoms with Crippen LogP contribution in [0.4, 0.5) is 10.1 Å². The van der Waals surface area contributed by atoms with Crippen LogP contribution in [0, 0.1) is 5.82 Å². The molecule has 8 nitrogen and oxygen atoms in total. The number of nitrogens with one attached hydrogen (secondary N) is 2. The SMILES string of the molecule is COCCOc1cc2[nH]nc(-c3cc(-c4ccc(NC(C)=O)cc4)no3)c2cc1F. The Kier molecular flexibility index (Phi) is 5.44. The Bertz CT molecular complexity index is 1180. The van der Waals surface area contributed by atoms with Gasteiger partial charge >= 0.3 is 0 Å². The first kappa shape index (κ1) is 19.6. The quantitative estimate of drug-likeness (QED) is 0.447. The van der Waals surface area contributed by atoms with E-state index in [1.165, 1.54) is 13.0 Å². The molecule has 30 heavy (non-hydrogen) atoms. The predicted molar refractivity (Wildman–Crippen MR) is 109 cm³/mol. The standard InChI is InChI=1S/C21H19FN4O4/c1-12(27)23-14-5-3-13(4-6-14)17-10-20(30-26-17)21-15-9-16(22)19(29-8-7-28-2)11-18(15)24-25-21/h3-6,9-11H,7-8H2,1-2H3,(H,23,27)(H,24,25). The van der Waals surface area contributed by atoms with Crippen molar-refractivity contribution in [2.75, 3.05) is 25.6 Å². The summed E-state index contributed by atoms with van der Waals surface area (Å²) < 4.78 is 30.2. The van der Waals surface area contributed by atoms with Gasteiger partial charge in [-0.05, 0) is 18.2 Å². The molecule has 1 amide bonds. The van der Waals surface area contributed by atoms with Gasteiger partial charge in [-0.25, -0.2) is 4.39 Å². The summed E-state index contributed by atoms with van der Waals surface area (Å²) in [4.78, 5) is 11.1. The van der Waals surface area contributed by atoms with Crippen LogP contribution >= 0.6 is 0 Å². The Balaban J connectivity index is 1.60. The number of aromatic amines is 1. The lowest BCUT2D eigenvalue weighted by molar-refractivity contribution is -0.114. The molecule has 0 aliphatic carbocycles.